The van der Waals surface area contributed by atoms with E-state index in [9.17, 15) is 9.18 Å². The van der Waals surface area contributed by atoms with Crippen LogP contribution in [-0.2, 0) is 0 Å². The van der Waals surface area contributed by atoms with Crippen LogP contribution in [0.4, 0.5) is 15.9 Å². The molecule has 0 saturated heterocycles. The van der Waals surface area contributed by atoms with E-state index in [0.717, 1.165) is 0 Å². The highest BCUT2D eigenvalue weighted by atomic mass is 19.1. The maximum atomic E-state index is 12.8. The first kappa shape index (κ1) is 8.57. The Morgan fingerprint density at radius 3 is 2.61 bits per heavy atom. The quantitative estimate of drug-likeness (QED) is 0.869. The molecule has 0 spiro atoms. The lowest BCUT2D eigenvalue weighted by atomic mass is 10.3. The molecule has 6 heteroatoms. The topological polar surface area (TPSA) is 66.9 Å². The Balaban J connectivity index is 2.05. The van der Waals surface area contributed by atoms with Crippen molar-refractivity contribution < 1.29 is 13.3 Å². The van der Waals surface area contributed by atoms with Crippen LogP contribution in [0.2, 0.25) is 0 Å². The van der Waals surface area contributed by atoms with E-state index in [1.807, 2.05) is 5.32 Å². The smallest absolute Gasteiger partial charge is 0.271 e. The van der Waals surface area contributed by atoms with Crippen molar-refractivity contribution in [1.29, 1.82) is 0 Å². The Kier molecular flexibility index (Phi) is 2.49. The molecule has 0 aliphatic rings. The van der Waals surface area contributed by atoms with E-state index in [1.54, 1.807) is 0 Å². The van der Waals surface area contributed by atoms with Crippen molar-refractivity contribution in [2.75, 3.05) is 12.3 Å². The average Bonchev–Trinajstić information content (AvgIpc) is 2.40. The SMILES string of the molecule is [2H]C([2H])([2H])NC(=O)c1ccc(Nc2ccc(F)cc2)nn1. The van der Waals surface area contributed by atoms with E-state index in [2.05, 4.69) is 15.5 Å². The fourth-order valence-electron chi connectivity index (χ4n) is 1.27. The second kappa shape index (κ2) is 5.22. The van der Waals surface area contributed by atoms with E-state index < -0.39 is 12.9 Å². The lowest BCUT2D eigenvalue weighted by molar-refractivity contribution is 0.0957. The third-order valence-corrected chi connectivity index (χ3v) is 2.13. The lowest BCUT2D eigenvalue weighted by Crippen LogP contribution is -2.19. The number of halogens is 1. The second-order valence-electron chi connectivity index (χ2n) is 3.39. The summed E-state index contributed by atoms with van der Waals surface area (Å²) in [6.45, 7) is -2.58. The zero-order chi connectivity index (χ0) is 15.5. The highest BCUT2D eigenvalue weighted by Gasteiger charge is 2.05. The summed E-state index contributed by atoms with van der Waals surface area (Å²) in [7, 11) is 0. The molecule has 92 valence electrons. The summed E-state index contributed by atoms with van der Waals surface area (Å²) in [6, 6.07) is 8.41. The molecule has 2 N–H and O–H groups in total. The number of carbonyl (C=O) groups excluding carboxylic acids is 1. The van der Waals surface area contributed by atoms with Gasteiger partial charge in [-0.3, -0.25) is 4.79 Å². The molecular formula is C12H11FN4O. The summed E-state index contributed by atoms with van der Waals surface area (Å²) in [5.41, 5.74) is 0.487. The van der Waals surface area contributed by atoms with Gasteiger partial charge in [0, 0.05) is 16.8 Å². The van der Waals surface area contributed by atoms with Crippen LogP contribution >= 0.6 is 0 Å². The molecular weight excluding hydrogens is 235 g/mol. The van der Waals surface area contributed by atoms with E-state index in [0.29, 0.717) is 11.5 Å². The van der Waals surface area contributed by atoms with Crippen LogP contribution in [0, 0.1) is 5.82 Å². The van der Waals surface area contributed by atoms with Gasteiger partial charge in [0.05, 0.1) is 0 Å². The van der Waals surface area contributed by atoms with E-state index in [1.165, 1.54) is 36.4 Å². The average molecular weight is 249 g/mol. The molecule has 1 amide bonds. The highest BCUT2D eigenvalue weighted by molar-refractivity contribution is 5.91. The minimum absolute atomic E-state index is 0.115. The maximum Gasteiger partial charge on any atom is 0.271 e. The standard InChI is InChI=1S/C12H11FN4O/c1-14-12(18)10-6-7-11(17-16-10)15-9-4-2-8(13)3-5-9/h2-7H,1H3,(H,14,18)(H,15,17)/i1D3. The maximum absolute atomic E-state index is 12.8. The van der Waals surface area contributed by atoms with Gasteiger partial charge in [-0.2, -0.15) is 0 Å². The number of hydrogen-bond acceptors (Lipinski definition) is 4. The van der Waals surface area contributed by atoms with E-state index in [-0.39, 0.29) is 11.5 Å². The van der Waals surface area contributed by atoms with Gasteiger partial charge in [-0.25, -0.2) is 4.39 Å². The van der Waals surface area contributed by atoms with Crippen LogP contribution in [0.25, 0.3) is 0 Å². The Morgan fingerprint density at radius 1 is 1.22 bits per heavy atom. The molecule has 5 nitrogen and oxygen atoms in total. The number of nitrogens with one attached hydrogen (secondary N) is 2. The molecule has 0 aliphatic carbocycles. The third kappa shape index (κ3) is 2.79. The van der Waals surface area contributed by atoms with Crippen molar-refractivity contribution in [3.63, 3.8) is 0 Å². The van der Waals surface area contributed by atoms with E-state index >= 15 is 0 Å². The molecule has 2 aromatic rings. The minimum atomic E-state index is -2.58. The Labute approximate surface area is 107 Å². The van der Waals surface area contributed by atoms with Crippen molar-refractivity contribution in [2.45, 2.75) is 0 Å². The zero-order valence-corrected chi connectivity index (χ0v) is 9.14. The van der Waals surface area contributed by atoms with Gasteiger partial charge in [-0.1, -0.05) is 0 Å². The Morgan fingerprint density at radius 2 is 2.00 bits per heavy atom. The van der Waals surface area contributed by atoms with Crippen LogP contribution in [0.1, 0.15) is 14.6 Å². The van der Waals surface area contributed by atoms with Crippen LogP contribution in [-0.4, -0.2) is 23.1 Å². The highest BCUT2D eigenvalue weighted by Crippen LogP contribution is 2.14. The molecule has 0 fully saturated rings. The van der Waals surface area contributed by atoms with Crippen molar-refractivity contribution in [1.82, 2.24) is 15.5 Å². The van der Waals surface area contributed by atoms with Gasteiger partial charge >= 0.3 is 0 Å². The number of aromatic nitrogens is 2. The molecule has 0 radical (unpaired) electrons. The van der Waals surface area contributed by atoms with Gasteiger partial charge < -0.3 is 10.6 Å². The number of anilines is 2. The first-order valence-corrected chi connectivity index (χ1v) is 5.02. The van der Waals surface area contributed by atoms with Gasteiger partial charge in [-0.15, -0.1) is 10.2 Å². The number of nitrogens with zero attached hydrogens (tertiary/aromatic N) is 2. The number of hydrogen-bond donors (Lipinski definition) is 2. The van der Waals surface area contributed by atoms with Gasteiger partial charge in [0.25, 0.3) is 5.91 Å². The lowest BCUT2D eigenvalue weighted by Gasteiger charge is -2.05. The van der Waals surface area contributed by atoms with Crippen molar-refractivity contribution in [3.05, 3.63) is 47.9 Å². The van der Waals surface area contributed by atoms with Crippen LogP contribution < -0.4 is 10.6 Å². The normalized spacial score (nSPS) is 13.1. The van der Waals surface area contributed by atoms with Crippen molar-refractivity contribution >= 4 is 17.4 Å². The predicted octanol–water partition coefficient (Wildman–Crippen LogP) is 1.72. The molecule has 1 heterocycles. The summed E-state index contributed by atoms with van der Waals surface area (Å²) < 4.78 is 33.5. The summed E-state index contributed by atoms with van der Waals surface area (Å²) >= 11 is 0. The van der Waals surface area contributed by atoms with Gasteiger partial charge in [0.15, 0.2) is 11.5 Å². The Bertz CT molecular complexity index is 628. The number of amides is 1. The van der Waals surface area contributed by atoms with Crippen molar-refractivity contribution in [2.24, 2.45) is 0 Å². The van der Waals surface area contributed by atoms with Crippen LogP contribution in [0.3, 0.4) is 0 Å². The number of benzene rings is 1. The molecule has 18 heavy (non-hydrogen) atoms. The first-order chi connectivity index (χ1) is 9.83. The van der Waals surface area contributed by atoms with Gasteiger partial charge in [-0.05, 0) is 36.4 Å². The minimum Gasteiger partial charge on any atom is -0.354 e. The summed E-state index contributed by atoms with van der Waals surface area (Å²) in [5.74, 6) is -0.855. The molecule has 1 aromatic heterocycles. The third-order valence-electron chi connectivity index (χ3n) is 2.13. The summed E-state index contributed by atoms with van der Waals surface area (Å²) in [6.07, 6.45) is 0. The second-order valence-corrected chi connectivity index (χ2v) is 3.39. The monoisotopic (exact) mass is 249 g/mol. The fourth-order valence-corrected chi connectivity index (χ4v) is 1.27. The van der Waals surface area contributed by atoms with Crippen molar-refractivity contribution in [3.8, 4) is 0 Å². The molecule has 0 unspecified atom stereocenters. The van der Waals surface area contributed by atoms with Crippen LogP contribution in [0.15, 0.2) is 36.4 Å². The molecule has 1 aromatic carbocycles. The predicted molar refractivity (Wildman–Crippen MR) is 65.1 cm³/mol. The van der Waals surface area contributed by atoms with Crippen LogP contribution in [0.5, 0.6) is 0 Å². The van der Waals surface area contributed by atoms with E-state index in [4.69, 9.17) is 4.11 Å². The summed E-state index contributed by atoms with van der Waals surface area (Å²) in [5, 5.41) is 12.0. The molecule has 0 aliphatic heterocycles. The van der Waals surface area contributed by atoms with Gasteiger partial charge in [0.2, 0.25) is 0 Å². The zero-order valence-electron chi connectivity index (χ0n) is 12.1. The summed E-state index contributed by atoms with van der Waals surface area (Å²) in [4.78, 5) is 11.5. The molecule has 2 rings (SSSR count). The first-order valence-electron chi connectivity index (χ1n) is 6.52. The number of rotatable bonds is 3. The largest absolute Gasteiger partial charge is 0.354 e. The van der Waals surface area contributed by atoms with Gasteiger partial charge in [0.1, 0.15) is 5.82 Å². The number of carbonyl (C=O) groups is 1. The molecule has 0 atom stereocenters. The molecule has 0 saturated carbocycles. The fraction of sp³-hybridized carbons (Fsp3) is 0.0833. The Hall–Kier alpha value is -2.50. The molecule has 0 bridgehead atoms.